The Morgan fingerprint density at radius 1 is 0.793 bits per heavy atom. The van der Waals surface area contributed by atoms with Gasteiger partial charge in [0.05, 0.1) is 5.92 Å². The zero-order valence-electron chi connectivity index (χ0n) is 16.2. The van der Waals surface area contributed by atoms with Crippen LogP contribution in [0.1, 0.15) is 35.8 Å². The van der Waals surface area contributed by atoms with Gasteiger partial charge in [0.25, 0.3) is 0 Å². The molecule has 148 valence electrons. The molecular weight excluding hydrogens is 366 g/mol. The number of rotatable bonds is 7. The van der Waals surface area contributed by atoms with Crippen LogP contribution in [0.5, 0.6) is 0 Å². The van der Waals surface area contributed by atoms with E-state index in [1.54, 1.807) is 19.1 Å². The van der Waals surface area contributed by atoms with Crippen LogP contribution in [-0.2, 0) is 20.9 Å². The van der Waals surface area contributed by atoms with Gasteiger partial charge in [0.2, 0.25) is 6.23 Å². The highest BCUT2D eigenvalue weighted by Crippen LogP contribution is 2.21. The van der Waals surface area contributed by atoms with Crippen LogP contribution < -0.4 is 5.32 Å². The van der Waals surface area contributed by atoms with Crippen LogP contribution >= 0.6 is 0 Å². The molecule has 0 radical (unpaired) electrons. The zero-order valence-corrected chi connectivity index (χ0v) is 16.2. The van der Waals surface area contributed by atoms with Gasteiger partial charge in [-0.1, -0.05) is 91.0 Å². The van der Waals surface area contributed by atoms with Crippen molar-refractivity contribution >= 4 is 12.1 Å². The van der Waals surface area contributed by atoms with Gasteiger partial charge >= 0.3 is 12.1 Å². The molecular formula is C24H23NO4. The third-order valence-electron chi connectivity index (χ3n) is 4.45. The molecule has 0 saturated heterocycles. The molecule has 2 unspecified atom stereocenters. The van der Waals surface area contributed by atoms with Crippen LogP contribution in [0.15, 0.2) is 91.0 Å². The van der Waals surface area contributed by atoms with Crippen molar-refractivity contribution in [2.45, 2.75) is 25.7 Å². The second kappa shape index (κ2) is 10.1. The lowest BCUT2D eigenvalue weighted by molar-refractivity contribution is -0.152. The summed E-state index contributed by atoms with van der Waals surface area (Å²) in [6.07, 6.45) is -1.61. The fourth-order valence-corrected chi connectivity index (χ4v) is 2.78. The van der Waals surface area contributed by atoms with Gasteiger partial charge in [0.15, 0.2) is 0 Å². The van der Waals surface area contributed by atoms with Crippen molar-refractivity contribution in [1.82, 2.24) is 5.32 Å². The Bertz CT molecular complexity index is 913. The summed E-state index contributed by atoms with van der Waals surface area (Å²) in [4.78, 5) is 25.0. The van der Waals surface area contributed by atoms with Crippen molar-refractivity contribution < 1.29 is 19.1 Å². The number of amides is 1. The van der Waals surface area contributed by atoms with E-state index in [-0.39, 0.29) is 6.61 Å². The molecule has 1 N–H and O–H groups in total. The Hall–Kier alpha value is -3.60. The Kier molecular flexibility index (Phi) is 7.00. The third-order valence-corrected chi connectivity index (χ3v) is 4.45. The lowest BCUT2D eigenvalue weighted by Gasteiger charge is -2.21. The minimum absolute atomic E-state index is 0.128. The molecule has 2 atom stereocenters. The van der Waals surface area contributed by atoms with Crippen LogP contribution in [0.4, 0.5) is 4.79 Å². The number of carbonyl (C=O) groups is 2. The van der Waals surface area contributed by atoms with Crippen molar-refractivity contribution in [3.05, 3.63) is 108 Å². The molecule has 0 aliphatic rings. The first-order chi connectivity index (χ1) is 14.1. The third kappa shape index (κ3) is 5.94. The van der Waals surface area contributed by atoms with E-state index < -0.39 is 24.2 Å². The Labute approximate surface area is 170 Å². The zero-order chi connectivity index (χ0) is 20.5. The van der Waals surface area contributed by atoms with Crippen molar-refractivity contribution in [2.24, 2.45) is 0 Å². The molecule has 1 amide bonds. The first kappa shape index (κ1) is 20.1. The van der Waals surface area contributed by atoms with Gasteiger partial charge in [-0.2, -0.15) is 0 Å². The summed E-state index contributed by atoms with van der Waals surface area (Å²) in [6.45, 7) is 1.90. The Balaban J connectivity index is 1.66. The second-order valence-corrected chi connectivity index (χ2v) is 6.57. The number of carbonyl (C=O) groups excluding carboxylic acids is 2. The van der Waals surface area contributed by atoms with E-state index >= 15 is 0 Å². The van der Waals surface area contributed by atoms with E-state index in [0.29, 0.717) is 5.56 Å². The van der Waals surface area contributed by atoms with E-state index in [1.165, 1.54) is 0 Å². The first-order valence-corrected chi connectivity index (χ1v) is 9.41. The minimum Gasteiger partial charge on any atom is -0.445 e. The maximum atomic E-state index is 12.7. The van der Waals surface area contributed by atoms with Gasteiger partial charge in [0, 0.05) is 5.56 Å². The van der Waals surface area contributed by atoms with Crippen LogP contribution in [0, 0.1) is 0 Å². The SMILES string of the molecule is CC(C(=O)OC(NC(=O)OCc1ccccc1)c1ccccc1)c1ccccc1. The van der Waals surface area contributed by atoms with Crippen LogP contribution in [-0.4, -0.2) is 12.1 Å². The number of nitrogens with one attached hydrogen (secondary N) is 1. The molecule has 0 saturated carbocycles. The summed E-state index contributed by atoms with van der Waals surface area (Å²) in [6, 6.07) is 27.8. The average molecular weight is 389 g/mol. The standard InChI is InChI=1S/C24H23NO4/c1-18(20-13-7-3-8-14-20)23(26)29-22(21-15-9-4-10-16-21)25-24(27)28-17-19-11-5-2-6-12-19/h2-16,18,22H,17H2,1H3,(H,25,27). The summed E-state index contributed by atoms with van der Waals surface area (Å²) in [7, 11) is 0. The largest absolute Gasteiger partial charge is 0.445 e. The van der Waals surface area contributed by atoms with E-state index in [4.69, 9.17) is 9.47 Å². The number of hydrogen-bond donors (Lipinski definition) is 1. The molecule has 0 bridgehead atoms. The van der Waals surface area contributed by atoms with Gasteiger partial charge in [-0.15, -0.1) is 0 Å². The number of benzene rings is 3. The maximum Gasteiger partial charge on any atom is 0.410 e. The Morgan fingerprint density at radius 2 is 1.31 bits per heavy atom. The maximum absolute atomic E-state index is 12.7. The van der Waals surface area contributed by atoms with Gasteiger partial charge in [0.1, 0.15) is 6.61 Å². The molecule has 0 aromatic heterocycles. The van der Waals surface area contributed by atoms with Crippen LogP contribution in [0.25, 0.3) is 0 Å². The fraction of sp³-hybridized carbons (Fsp3) is 0.167. The molecule has 3 rings (SSSR count). The number of ether oxygens (including phenoxy) is 2. The predicted octanol–water partition coefficient (Wildman–Crippen LogP) is 4.96. The summed E-state index contributed by atoms with van der Waals surface area (Å²) < 4.78 is 10.9. The summed E-state index contributed by atoms with van der Waals surface area (Å²) in [5.74, 6) is -0.905. The highest BCUT2D eigenvalue weighted by Gasteiger charge is 2.24. The number of alkyl carbamates (subject to hydrolysis) is 1. The number of hydrogen-bond acceptors (Lipinski definition) is 4. The monoisotopic (exact) mass is 389 g/mol. The summed E-state index contributed by atoms with van der Waals surface area (Å²) in [5, 5.41) is 2.64. The molecule has 3 aromatic rings. The van der Waals surface area contributed by atoms with Crippen molar-refractivity contribution in [3.63, 3.8) is 0 Å². The summed E-state index contributed by atoms with van der Waals surface area (Å²) >= 11 is 0. The van der Waals surface area contributed by atoms with E-state index in [1.807, 2.05) is 78.9 Å². The molecule has 0 spiro atoms. The first-order valence-electron chi connectivity index (χ1n) is 9.41. The van der Waals surface area contributed by atoms with Gasteiger partial charge in [-0.25, -0.2) is 4.79 Å². The van der Waals surface area contributed by atoms with Crippen molar-refractivity contribution in [1.29, 1.82) is 0 Å². The molecule has 0 heterocycles. The molecule has 5 nitrogen and oxygen atoms in total. The lowest BCUT2D eigenvalue weighted by atomic mass is 10.0. The minimum atomic E-state index is -0.946. The van der Waals surface area contributed by atoms with E-state index in [2.05, 4.69) is 5.32 Å². The normalized spacial score (nSPS) is 12.4. The quantitative estimate of drug-likeness (QED) is 0.458. The van der Waals surface area contributed by atoms with Gasteiger partial charge in [-0.3, -0.25) is 10.1 Å². The van der Waals surface area contributed by atoms with Crippen LogP contribution in [0.2, 0.25) is 0 Å². The fourth-order valence-electron chi connectivity index (χ4n) is 2.78. The smallest absolute Gasteiger partial charge is 0.410 e. The average Bonchev–Trinajstić information content (AvgIpc) is 2.78. The molecule has 3 aromatic carbocycles. The van der Waals surface area contributed by atoms with Gasteiger partial charge < -0.3 is 9.47 Å². The van der Waals surface area contributed by atoms with E-state index in [9.17, 15) is 9.59 Å². The van der Waals surface area contributed by atoms with Gasteiger partial charge in [-0.05, 0) is 18.1 Å². The summed E-state index contributed by atoms with van der Waals surface area (Å²) in [5.41, 5.74) is 2.36. The molecule has 29 heavy (non-hydrogen) atoms. The van der Waals surface area contributed by atoms with Crippen molar-refractivity contribution in [3.8, 4) is 0 Å². The Morgan fingerprint density at radius 3 is 1.90 bits per heavy atom. The predicted molar refractivity (Wildman–Crippen MR) is 110 cm³/mol. The topological polar surface area (TPSA) is 64.6 Å². The number of esters is 1. The highest BCUT2D eigenvalue weighted by molar-refractivity contribution is 5.78. The molecule has 0 fully saturated rings. The highest BCUT2D eigenvalue weighted by atomic mass is 16.6. The van der Waals surface area contributed by atoms with E-state index in [0.717, 1.165) is 11.1 Å². The molecule has 0 aliphatic heterocycles. The van der Waals surface area contributed by atoms with Crippen LogP contribution in [0.3, 0.4) is 0 Å². The second-order valence-electron chi connectivity index (χ2n) is 6.57. The molecule has 0 aliphatic carbocycles. The van der Waals surface area contributed by atoms with Crippen molar-refractivity contribution in [2.75, 3.05) is 0 Å². The lowest BCUT2D eigenvalue weighted by Crippen LogP contribution is -2.33. The molecule has 5 heteroatoms.